The number of ether oxygens (including phenoxy) is 1. The van der Waals surface area contributed by atoms with Gasteiger partial charge in [0.2, 0.25) is 0 Å². The third-order valence-electron chi connectivity index (χ3n) is 3.03. The second kappa shape index (κ2) is 4.16. The van der Waals surface area contributed by atoms with Crippen molar-refractivity contribution < 1.29 is 13.2 Å². The van der Waals surface area contributed by atoms with Gasteiger partial charge in [0.25, 0.3) is 0 Å². The molecule has 0 radical (unpaired) electrons. The summed E-state index contributed by atoms with van der Waals surface area (Å²) < 4.78 is 29.4. The Labute approximate surface area is 84.9 Å². The summed E-state index contributed by atoms with van der Waals surface area (Å²) in [6.45, 7) is 1.73. The van der Waals surface area contributed by atoms with Crippen LogP contribution in [0.15, 0.2) is 0 Å². The Morgan fingerprint density at radius 1 is 1.21 bits per heavy atom. The van der Waals surface area contributed by atoms with Gasteiger partial charge >= 0.3 is 0 Å². The van der Waals surface area contributed by atoms with E-state index >= 15 is 0 Å². The van der Waals surface area contributed by atoms with Crippen molar-refractivity contribution in [1.29, 1.82) is 0 Å². The number of rotatable bonds is 2. The molecule has 2 fully saturated rings. The fourth-order valence-corrected chi connectivity index (χ4v) is 4.24. The second-order valence-corrected chi connectivity index (χ2v) is 6.37. The average molecular weight is 219 g/mol. The van der Waals surface area contributed by atoms with Gasteiger partial charge < -0.3 is 10.1 Å². The van der Waals surface area contributed by atoms with E-state index in [0.29, 0.717) is 13.2 Å². The van der Waals surface area contributed by atoms with E-state index in [1.165, 1.54) is 0 Å². The number of hydrogen-bond acceptors (Lipinski definition) is 4. The summed E-state index contributed by atoms with van der Waals surface area (Å²) >= 11 is 0. The summed E-state index contributed by atoms with van der Waals surface area (Å²) in [4.78, 5) is 0. The summed E-state index contributed by atoms with van der Waals surface area (Å²) in [6, 6.07) is 0. The lowest BCUT2D eigenvalue weighted by Gasteiger charge is -2.26. The highest BCUT2D eigenvalue weighted by Gasteiger charge is 2.37. The maximum absolute atomic E-state index is 12.0. The molecule has 1 N–H and O–H groups in total. The zero-order valence-corrected chi connectivity index (χ0v) is 9.05. The first-order chi connectivity index (χ1) is 6.71. The minimum atomic E-state index is -3.05. The van der Waals surface area contributed by atoms with Crippen molar-refractivity contribution in [2.75, 3.05) is 19.7 Å². The Bertz CT molecular complexity index is 276. The predicted octanol–water partition coefficient (Wildman–Crippen LogP) is 0.290. The molecule has 1 aliphatic heterocycles. The van der Waals surface area contributed by atoms with Crippen LogP contribution in [0.1, 0.15) is 25.7 Å². The smallest absolute Gasteiger partial charge is 0.181 e. The van der Waals surface area contributed by atoms with Crippen LogP contribution in [0.5, 0.6) is 0 Å². The molecule has 1 heterocycles. The molecule has 0 aromatic carbocycles. The van der Waals surface area contributed by atoms with Gasteiger partial charge in [-0.2, -0.15) is 0 Å². The third-order valence-corrected chi connectivity index (χ3v) is 5.46. The molecule has 0 amide bonds. The molecule has 1 saturated carbocycles. The van der Waals surface area contributed by atoms with Crippen molar-refractivity contribution in [3.05, 3.63) is 0 Å². The second-order valence-electron chi connectivity index (χ2n) is 4.00. The van der Waals surface area contributed by atoms with E-state index in [-0.39, 0.29) is 5.25 Å². The molecule has 0 bridgehead atoms. The van der Waals surface area contributed by atoms with E-state index in [4.69, 9.17) is 4.74 Å². The van der Waals surface area contributed by atoms with Gasteiger partial charge in [0, 0.05) is 13.1 Å². The molecule has 0 aromatic rings. The highest BCUT2D eigenvalue weighted by molar-refractivity contribution is 7.92. The molecule has 1 aliphatic carbocycles. The monoisotopic (exact) mass is 219 g/mol. The molecule has 1 unspecified atom stereocenters. The van der Waals surface area contributed by atoms with Crippen molar-refractivity contribution in [2.45, 2.75) is 36.4 Å². The van der Waals surface area contributed by atoms with E-state index in [9.17, 15) is 8.42 Å². The summed E-state index contributed by atoms with van der Waals surface area (Å²) in [6.07, 6.45) is 3.73. The molecule has 2 aliphatic rings. The quantitative estimate of drug-likeness (QED) is 0.725. The van der Waals surface area contributed by atoms with E-state index in [1.54, 1.807) is 0 Å². The number of sulfone groups is 1. The lowest BCUT2D eigenvalue weighted by Crippen LogP contribution is -2.45. The first-order valence-electron chi connectivity index (χ1n) is 5.26. The Morgan fingerprint density at radius 2 is 1.93 bits per heavy atom. The first kappa shape index (κ1) is 10.4. The van der Waals surface area contributed by atoms with Crippen molar-refractivity contribution in [3.8, 4) is 0 Å². The van der Waals surface area contributed by atoms with Gasteiger partial charge in [0.1, 0.15) is 0 Å². The van der Waals surface area contributed by atoms with Crippen LogP contribution in [-0.4, -0.2) is 38.8 Å². The van der Waals surface area contributed by atoms with Crippen molar-refractivity contribution in [2.24, 2.45) is 0 Å². The average Bonchev–Trinajstić information content (AvgIpc) is 2.72. The standard InChI is InChI=1S/C9H17NO3S/c11-14(12,8-3-1-2-4-8)9-7-10-5-6-13-9/h8-10H,1-7H2. The van der Waals surface area contributed by atoms with E-state index in [2.05, 4.69) is 5.32 Å². The number of hydrogen-bond donors (Lipinski definition) is 1. The maximum atomic E-state index is 12.0. The van der Waals surface area contributed by atoms with Crippen LogP contribution in [0, 0.1) is 0 Å². The van der Waals surface area contributed by atoms with Gasteiger partial charge in [-0.3, -0.25) is 0 Å². The van der Waals surface area contributed by atoms with Gasteiger partial charge in [0.05, 0.1) is 11.9 Å². The fourth-order valence-electron chi connectivity index (χ4n) is 2.18. The largest absolute Gasteiger partial charge is 0.360 e. The van der Waals surface area contributed by atoms with Crippen molar-refractivity contribution in [3.63, 3.8) is 0 Å². The Kier molecular flexibility index (Phi) is 3.09. The Hall–Kier alpha value is -0.130. The van der Waals surface area contributed by atoms with Crippen molar-refractivity contribution in [1.82, 2.24) is 5.32 Å². The van der Waals surface area contributed by atoms with Gasteiger partial charge in [-0.25, -0.2) is 8.42 Å². The van der Waals surface area contributed by atoms with Gasteiger partial charge in [-0.1, -0.05) is 12.8 Å². The van der Waals surface area contributed by atoms with Gasteiger partial charge in [-0.05, 0) is 12.8 Å². The third kappa shape index (κ3) is 1.94. The maximum Gasteiger partial charge on any atom is 0.181 e. The molecule has 14 heavy (non-hydrogen) atoms. The normalized spacial score (nSPS) is 30.7. The van der Waals surface area contributed by atoms with E-state index in [0.717, 1.165) is 32.2 Å². The Morgan fingerprint density at radius 3 is 2.50 bits per heavy atom. The highest BCUT2D eigenvalue weighted by atomic mass is 32.2. The van der Waals surface area contributed by atoms with Crippen LogP contribution in [0.3, 0.4) is 0 Å². The van der Waals surface area contributed by atoms with Gasteiger partial charge in [0.15, 0.2) is 15.3 Å². The SMILES string of the molecule is O=S(=O)(C1CCCC1)C1CNCCO1. The Balaban J connectivity index is 2.05. The molecular weight excluding hydrogens is 202 g/mol. The van der Waals surface area contributed by atoms with E-state index < -0.39 is 15.3 Å². The van der Waals surface area contributed by atoms with Crippen molar-refractivity contribution >= 4 is 9.84 Å². The highest BCUT2D eigenvalue weighted by Crippen LogP contribution is 2.28. The minimum absolute atomic E-state index is 0.146. The first-order valence-corrected chi connectivity index (χ1v) is 6.87. The summed E-state index contributed by atoms with van der Waals surface area (Å²) in [5, 5.41) is 2.91. The predicted molar refractivity (Wildman–Crippen MR) is 53.8 cm³/mol. The molecule has 5 heteroatoms. The lowest BCUT2D eigenvalue weighted by atomic mass is 10.4. The summed E-state index contributed by atoms with van der Waals surface area (Å²) in [7, 11) is -3.05. The topological polar surface area (TPSA) is 55.4 Å². The van der Waals surface area contributed by atoms with Crippen LogP contribution in [-0.2, 0) is 14.6 Å². The zero-order chi connectivity index (χ0) is 10.0. The fraction of sp³-hybridized carbons (Fsp3) is 1.00. The molecule has 82 valence electrons. The van der Waals surface area contributed by atoms with Crippen LogP contribution in [0.25, 0.3) is 0 Å². The molecule has 0 aromatic heterocycles. The minimum Gasteiger partial charge on any atom is -0.360 e. The number of morpholine rings is 1. The summed E-state index contributed by atoms with van der Waals surface area (Å²) in [5.41, 5.74) is -0.598. The molecular formula is C9H17NO3S. The van der Waals surface area contributed by atoms with Crippen LogP contribution in [0.2, 0.25) is 0 Å². The molecule has 1 atom stereocenters. The van der Waals surface area contributed by atoms with Gasteiger partial charge in [-0.15, -0.1) is 0 Å². The van der Waals surface area contributed by atoms with Crippen LogP contribution in [0.4, 0.5) is 0 Å². The van der Waals surface area contributed by atoms with Crippen LogP contribution < -0.4 is 5.32 Å². The molecule has 4 nitrogen and oxygen atoms in total. The summed E-state index contributed by atoms with van der Waals surface area (Å²) in [5.74, 6) is 0. The van der Waals surface area contributed by atoms with Crippen LogP contribution >= 0.6 is 0 Å². The molecule has 1 saturated heterocycles. The van der Waals surface area contributed by atoms with E-state index in [1.807, 2.05) is 0 Å². The zero-order valence-electron chi connectivity index (χ0n) is 8.24. The lowest BCUT2D eigenvalue weighted by molar-refractivity contribution is 0.0778. The molecule has 2 rings (SSSR count). The number of nitrogens with one attached hydrogen (secondary N) is 1. The molecule has 0 spiro atoms.